The maximum Gasteiger partial charge on any atom is 0.272 e. The lowest BCUT2D eigenvalue weighted by molar-refractivity contribution is 0.0945. The lowest BCUT2D eigenvalue weighted by Gasteiger charge is -2.26. The molecule has 0 radical (unpaired) electrons. The van der Waals surface area contributed by atoms with Gasteiger partial charge in [-0.3, -0.25) is 19.1 Å². The minimum absolute atomic E-state index is 0.0448. The maximum atomic E-state index is 12.1. The summed E-state index contributed by atoms with van der Waals surface area (Å²) in [7, 11) is 0. The first-order chi connectivity index (χ1) is 11.7. The van der Waals surface area contributed by atoms with Crippen LogP contribution in [0.4, 0.5) is 0 Å². The van der Waals surface area contributed by atoms with Gasteiger partial charge in [0.1, 0.15) is 0 Å². The van der Waals surface area contributed by atoms with Crippen LogP contribution in [-0.2, 0) is 26.2 Å². The zero-order chi connectivity index (χ0) is 16.5. The number of rotatable bonds is 6. The van der Waals surface area contributed by atoms with Crippen LogP contribution in [-0.4, -0.2) is 43.0 Å². The van der Waals surface area contributed by atoms with E-state index in [9.17, 15) is 4.79 Å². The standard InChI is InChI=1S/C17H22N6O/c1-2-5-22-11-13(9-18-22)10-21-6-7-23-15(12-21)8-16(20-23)17(24)19-14-3-4-14/h2,8-9,11,14H,1,3-7,10,12H2,(H,19,24). The van der Waals surface area contributed by atoms with Gasteiger partial charge >= 0.3 is 0 Å². The van der Waals surface area contributed by atoms with Gasteiger partial charge in [0.2, 0.25) is 0 Å². The Kier molecular flexibility index (Phi) is 3.93. The van der Waals surface area contributed by atoms with Crippen LogP contribution in [0.25, 0.3) is 0 Å². The molecule has 0 unspecified atom stereocenters. The lowest BCUT2D eigenvalue weighted by Crippen LogP contribution is -2.33. The normalized spacial score (nSPS) is 17.5. The highest BCUT2D eigenvalue weighted by atomic mass is 16.2. The zero-order valence-corrected chi connectivity index (χ0v) is 13.7. The van der Waals surface area contributed by atoms with Gasteiger partial charge in [0.15, 0.2) is 5.69 Å². The Hall–Kier alpha value is -2.41. The number of allylic oxidation sites excluding steroid dienone is 1. The summed E-state index contributed by atoms with van der Waals surface area (Å²) in [6, 6.07) is 2.28. The molecule has 0 bridgehead atoms. The topological polar surface area (TPSA) is 68.0 Å². The summed E-state index contributed by atoms with van der Waals surface area (Å²) < 4.78 is 3.84. The van der Waals surface area contributed by atoms with Crippen LogP contribution in [0.5, 0.6) is 0 Å². The van der Waals surface area contributed by atoms with Crippen molar-refractivity contribution >= 4 is 5.91 Å². The van der Waals surface area contributed by atoms with E-state index in [-0.39, 0.29) is 5.91 Å². The highest BCUT2D eigenvalue weighted by molar-refractivity contribution is 5.92. The Bertz CT molecular complexity index is 757. The lowest BCUT2D eigenvalue weighted by atomic mass is 10.2. The fourth-order valence-corrected chi connectivity index (χ4v) is 3.03. The first kappa shape index (κ1) is 15.1. The molecule has 1 amide bonds. The smallest absolute Gasteiger partial charge is 0.272 e. The molecule has 24 heavy (non-hydrogen) atoms. The molecule has 1 saturated carbocycles. The second-order valence-corrected chi connectivity index (χ2v) is 6.56. The third kappa shape index (κ3) is 3.26. The second-order valence-electron chi connectivity index (χ2n) is 6.56. The van der Waals surface area contributed by atoms with Crippen LogP contribution in [0.3, 0.4) is 0 Å². The SMILES string of the molecule is C=CCn1cc(CN2CCn3nc(C(=O)NC4CC4)cc3C2)cn1. The molecule has 4 rings (SSSR count). The first-order valence-electron chi connectivity index (χ1n) is 8.43. The number of carbonyl (C=O) groups is 1. The van der Waals surface area contributed by atoms with E-state index in [1.54, 1.807) is 0 Å². The van der Waals surface area contributed by atoms with Crippen molar-refractivity contribution in [1.29, 1.82) is 0 Å². The van der Waals surface area contributed by atoms with E-state index in [4.69, 9.17) is 0 Å². The van der Waals surface area contributed by atoms with Crippen molar-refractivity contribution < 1.29 is 4.79 Å². The van der Waals surface area contributed by atoms with E-state index in [0.717, 1.165) is 51.3 Å². The van der Waals surface area contributed by atoms with Gasteiger partial charge in [-0.15, -0.1) is 6.58 Å². The highest BCUT2D eigenvalue weighted by Gasteiger charge is 2.26. The van der Waals surface area contributed by atoms with Gasteiger partial charge in [0, 0.05) is 37.4 Å². The quantitative estimate of drug-likeness (QED) is 0.809. The average Bonchev–Trinajstić information content (AvgIpc) is 3.10. The molecule has 1 N–H and O–H groups in total. The summed E-state index contributed by atoms with van der Waals surface area (Å²) in [5.41, 5.74) is 2.83. The fraction of sp³-hybridized carbons (Fsp3) is 0.471. The number of aromatic nitrogens is 4. The fourth-order valence-electron chi connectivity index (χ4n) is 3.03. The van der Waals surface area contributed by atoms with Crippen molar-refractivity contribution in [1.82, 2.24) is 29.8 Å². The molecule has 7 nitrogen and oxygen atoms in total. The molecule has 2 aromatic heterocycles. The van der Waals surface area contributed by atoms with E-state index < -0.39 is 0 Å². The van der Waals surface area contributed by atoms with Gasteiger partial charge in [-0.25, -0.2) is 0 Å². The maximum absolute atomic E-state index is 12.1. The van der Waals surface area contributed by atoms with Crippen LogP contribution in [0, 0.1) is 0 Å². The monoisotopic (exact) mass is 326 g/mol. The molecule has 1 aliphatic heterocycles. The summed E-state index contributed by atoms with van der Waals surface area (Å²) in [5, 5.41) is 11.8. The van der Waals surface area contributed by atoms with E-state index in [1.807, 2.05) is 27.7 Å². The molecular formula is C17H22N6O. The molecule has 1 fully saturated rings. The van der Waals surface area contributed by atoms with Crippen LogP contribution in [0.15, 0.2) is 31.1 Å². The van der Waals surface area contributed by atoms with Gasteiger partial charge < -0.3 is 5.32 Å². The summed E-state index contributed by atoms with van der Waals surface area (Å²) in [6.45, 7) is 7.85. The average molecular weight is 326 g/mol. The Morgan fingerprint density at radius 3 is 3.08 bits per heavy atom. The number of nitrogens with zero attached hydrogens (tertiary/aromatic N) is 5. The number of carbonyl (C=O) groups excluding carboxylic acids is 1. The van der Waals surface area contributed by atoms with Crippen LogP contribution in [0.2, 0.25) is 0 Å². The molecule has 0 spiro atoms. The van der Waals surface area contributed by atoms with Crippen molar-refractivity contribution in [2.45, 2.75) is 45.1 Å². The van der Waals surface area contributed by atoms with Crippen LogP contribution >= 0.6 is 0 Å². The molecule has 0 aromatic carbocycles. The van der Waals surface area contributed by atoms with Gasteiger partial charge in [-0.1, -0.05) is 6.08 Å². The highest BCUT2D eigenvalue weighted by Crippen LogP contribution is 2.20. The summed E-state index contributed by atoms with van der Waals surface area (Å²) in [4.78, 5) is 14.5. The molecule has 3 heterocycles. The Balaban J connectivity index is 1.40. The van der Waals surface area contributed by atoms with Crippen molar-refractivity contribution in [3.8, 4) is 0 Å². The van der Waals surface area contributed by atoms with Crippen molar-refractivity contribution in [2.75, 3.05) is 6.54 Å². The van der Waals surface area contributed by atoms with E-state index >= 15 is 0 Å². The van der Waals surface area contributed by atoms with E-state index in [1.165, 1.54) is 5.56 Å². The summed E-state index contributed by atoms with van der Waals surface area (Å²) in [6.07, 6.45) is 7.98. The summed E-state index contributed by atoms with van der Waals surface area (Å²) in [5.74, 6) is -0.0448. The molecule has 2 aliphatic rings. The second kappa shape index (κ2) is 6.24. The largest absolute Gasteiger partial charge is 0.348 e. The third-order valence-electron chi connectivity index (χ3n) is 4.43. The van der Waals surface area contributed by atoms with Crippen molar-refractivity contribution in [3.63, 3.8) is 0 Å². The van der Waals surface area contributed by atoms with Crippen LogP contribution in [0.1, 0.15) is 34.6 Å². The Morgan fingerprint density at radius 2 is 2.29 bits per heavy atom. The minimum atomic E-state index is -0.0448. The number of nitrogens with one attached hydrogen (secondary N) is 1. The zero-order valence-electron chi connectivity index (χ0n) is 13.7. The van der Waals surface area contributed by atoms with Crippen LogP contribution < -0.4 is 5.32 Å². The first-order valence-corrected chi connectivity index (χ1v) is 8.43. The number of amides is 1. The molecule has 0 atom stereocenters. The predicted octanol–water partition coefficient (Wildman–Crippen LogP) is 1.17. The van der Waals surface area contributed by atoms with Gasteiger partial charge in [0.05, 0.1) is 25.0 Å². The molecular weight excluding hydrogens is 304 g/mol. The third-order valence-corrected chi connectivity index (χ3v) is 4.43. The summed E-state index contributed by atoms with van der Waals surface area (Å²) >= 11 is 0. The van der Waals surface area contributed by atoms with Crippen molar-refractivity contribution in [2.24, 2.45) is 0 Å². The molecule has 7 heteroatoms. The number of hydrogen-bond donors (Lipinski definition) is 1. The van der Waals surface area contributed by atoms with Gasteiger partial charge in [-0.05, 0) is 18.9 Å². The Morgan fingerprint density at radius 1 is 1.42 bits per heavy atom. The molecule has 0 saturated heterocycles. The molecule has 1 aliphatic carbocycles. The van der Waals surface area contributed by atoms with E-state index in [2.05, 4.69) is 33.2 Å². The predicted molar refractivity (Wildman–Crippen MR) is 89.3 cm³/mol. The molecule has 126 valence electrons. The number of fused-ring (bicyclic) bond motifs is 1. The molecule has 2 aromatic rings. The number of hydrogen-bond acceptors (Lipinski definition) is 4. The van der Waals surface area contributed by atoms with Gasteiger partial charge in [0.25, 0.3) is 5.91 Å². The Labute approximate surface area is 140 Å². The van der Waals surface area contributed by atoms with Gasteiger partial charge in [-0.2, -0.15) is 10.2 Å². The van der Waals surface area contributed by atoms with E-state index in [0.29, 0.717) is 11.7 Å². The van der Waals surface area contributed by atoms with Crippen molar-refractivity contribution in [3.05, 3.63) is 48.1 Å². The minimum Gasteiger partial charge on any atom is -0.348 e.